The van der Waals surface area contributed by atoms with E-state index in [1.807, 2.05) is 0 Å². The first-order valence-corrected chi connectivity index (χ1v) is 8.80. The molecule has 2 rings (SSSR count). The van der Waals surface area contributed by atoms with Gasteiger partial charge >= 0.3 is 0 Å². The molecule has 0 saturated carbocycles. The minimum absolute atomic E-state index is 0.101. The molecule has 0 aromatic carbocycles. The highest BCUT2D eigenvalue weighted by Crippen LogP contribution is 2.26. The van der Waals surface area contributed by atoms with Gasteiger partial charge in [-0.1, -0.05) is 12.1 Å². The summed E-state index contributed by atoms with van der Waals surface area (Å²) in [4.78, 5) is 11.9. The normalized spacial score (nSPS) is 20.5. The molecule has 1 aliphatic heterocycles. The summed E-state index contributed by atoms with van der Waals surface area (Å²) < 4.78 is 26.6. The number of nitrogens with zero attached hydrogens (tertiary/aromatic N) is 1. The molecule has 0 radical (unpaired) electrons. The zero-order valence-electron chi connectivity index (χ0n) is 11.1. The van der Waals surface area contributed by atoms with E-state index in [4.69, 9.17) is 0 Å². The molecule has 2 heterocycles. The second-order valence-corrected chi connectivity index (χ2v) is 7.78. The Morgan fingerprint density at radius 2 is 2.40 bits per heavy atom. The van der Waals surface area contributed by atoms with Crippen LogP contribution >= 0.6 is 11.3 Å². The predicted octanol–water partition coefficient (Wildman–Crippen LogP) is 1.45. The van der Waals surface area contributed by atoms with E-state index < -0.39 is 10.0 Å². The van der Waals surface area contributed by atoms with Gasteiger partial charge in [0.1, 0.15) is 4.21 Å². The average molecular weight is 314 g/mol. The molecule has 1 atom stereocenters. The van der Waals surface area contributed by atoms with Crippen LogP contribution in [0.15, 0.2) is 34.4 Å². The van der Waals surface area contributed by atoms with Crippen LogP contribution in [0.5, 0.6) is 0 Å². The quantitative estimate of drug-likeness (QED) is 0.837. The maximum absolute atomic E-state index is 12.4. The molecule has 1 aromatic rings. The Balaban J connectivity index is 2.07. The smallest absolute Gasteiger partial charge is 0.252 e. The Morgan fingerprint density at radius 1 is 1.60 bits per heavy atom. The number of thiophene rings is 1. The number of carbonyl (C=O) groups excluding carboxylic acids is 1. The first kappa shape index (κ1) is 15.2. The van der Waals surface area contributed by atoms with Crippen molar-refractivity contribution in [3.63, 3.8) is 0 Å². The highest BCUT2D eigenvalue weighted by Gasteiger charge is 2.33. The lowest BCUT2D eigenvalue weighted by molar-refractivity contribution is -0.125. The summed E-state index contributed by atoms with van der Waals surface area (Å²) in [6.45, 7) is 4.69. The van der Waals surface area contributed by atoms with Gasteiger partial charge in [0.25, 0.3) is 10.0 Å². The molecule has 0 unspecified atom stereocenters. The van der Waals surface area contributed by atoms with Crippen molar-refractivity contribution >= 4 is 27.3 Å². The number of sulfonamides is 1. The van der Waals surface area contributed by atoms with Crippen molar-refractivity contribution < 1.29 is 13.2 Å². The third-order valence-corrected chi connectivity index (χ3v) is 6.50. The summed E-state index contributed by atoms with van der Waals surface area (Å²) in [5.41, 5.74) is 0. The molecule has 0 bridgehead atoms. The molecular weight excluding hydrogens is 296 g/mol. The largest absolute Gasteiger partial charge is 0.352 e. The van der Waals surface area contributed by atoms with Gasteiger partial charge in [0.05, 0.1) is 5.92 Å². The Labute approximate surface area is 123 Å². The first-order chi connectivity index (χ1) is 9.55. The molecule has 110 valence electrons. The number of rotatable bonds is 5. The number of nitrogens with one attached hydrogen (secondary N) is 1. The Kier molecular flexibility index (Phi) is 4.95. The van der Waals surface area contributed by atoms with Crippen LogP contribution in [0.3, 0.4) is 0 Å². The number of carbonyl (C=O) groups is 1. The molecule has 0 spiro atoms. The van der Waals surface area contributed by atoms with Crippen LogP contribution in [0.2, 0.25) is 0 Å². The minimum atomic E-state index is -3.45. The lowest BCUT2D eigenvalue weighted by Crippen LogP contribution is -2.45. The third kappa shape index (κ3) is 3.28. The summed E-state index contributed by atoms with van der Waals surface area (Å²) in [6, 6.07) is 3.32. The number of hydrogen-bond acceptors (Lipinski definition) is 4. The topological polar surface area (TPSA) is 66.5 Å². The minimum Gasteiger partial charge on any atom is -0.352 e. The standard InChI is InChI=1S/C13H18N2O3S2/c1-2-7-14-13(16)11-5-3-8-15(10-11)20(17,18)12-6-4-9-19-12/h2,4,6,9,11H,1,3,5,7-8,10H2,(H,14,16)/t11-/m0/s1. The van der Waals surface area contributed by atoms with Crippen LogP contribution in [0.25, 0.3) is 0 Å². The van der Waals surface area contributed by atoms with Crippen LogP contribution < -0.4 is 5.32 Å². The van der Waals surface area contributed by atoms with Crippen molar-refractivity contribution in [2.45, 2.75) is 17.1 Å². The van der Waals surface area contributed by atoms with Gasteiger partial charge in [-0.2, -0.15) is 4.31 Å². The molecule has 1 amide bonds. The van der Waals surface area contributed by atoms with Crippen molar-refractivity contribution in [1.82, 2.24) is 9.62 Å². The highest BCUT2D eigenvalue weighted by molar-refractivity contribution is 7.91. The van der Waals surface area contributed by atoms with Crippen LogP contribution in [0, 0.1) is 5.92 Å². The van der Waals surface area contributed by atoms with Crippen molar-refractivity contribution in [1.29, 1.82) is 0 Å². The fourth-order valence-electron chi connectivity index (χ4n) is 2.23. The van der Waals surface area contributed by atoms with Crippen LogP contribution in [0.4, 0.5) is 0 Å². The second kappa shape index (κ2) is 6.51. The van der Waals surface area contributed by atoms with Gasteiger partial charge in [-0.15, -0.1) is 17.9 Å². The van der Waals surface area contributed by atoms with Crippen molar-refractivity contribution in [2.75, 3.05) is 19.6 Å². The third-order valence-electron chi connectivity index (χ3n) is 3.26. The zero-order chi connectivity index (χ0) is 14.6. The maximum atomic E-state index is 12.4. The molecule has 20 heavy (non-hydrogen) atoms. The van der Waals surface area contributed by atoms with Crippen LogP contribution in [0.1, 0.15) is 12.8 Å². The predicted molar refractivity (Wildman–Crippen MR) is 79.0 cm³/mol. The van der Waals surface area contributed by atoms with Crippen molar-refractivity contribution in [2.24, 2.45) is 5.92 Å². The summed E-state index contributed by atoms with van der Waals surface area (Å²) >= 11 is 1.20. The average Bonchev–Trinajstić information content (AvgIpc) is 2.99. The lowest BCUT2D eigenvalue weighted by Gasteiger charge is -2.30. The Morgan fingerprint density at radius 3 is 3.05 bits per heavy atom. The molecule has 1 aliphatic rings. The van der Waals surface area contributed by atoms with E-state index in [9.17, 15) is 13.2 Å². The van der Waals surface area contributed by atoms with E-state index in [2.05, 4.69) is 11.9 Å². The first-order valence-electron chi connectivity index (χ1n) is 6.48. The van der Waals surface area contributed by atoms with Gasteiger partial charge in [-0.3, -0.25) is 4.79 Å². The van der Waals surface area contributed by atoms with Gasteiger partial charge in [-0.25, -0.2) is 8.42 Å². The highest BCUT2D eigenvalue weighted by atomic mass is 32.2. The SMILES string of the molecule is C=CCNC(=O)[C@H]1CCCN(S(=O)(=O)c2cccs2)C1. The summed E-state index contributed by atoms with van der Waals surface area (Å²) in [7, 11) is -3.45. The molecule has 1 aromatic heterocycles. The molecule has 1 saturated heterocycles. The molecule has 7 heteroatoms. The van der Waals surface area contributed by atoms with E-state index >= 15 is 0 Å². The maximum Gasteiger partial charge on any atom is 0.252 e. The van der Waals surface area contributed by atoms with Gasteiger partial charge in [0.2, 0.25) is 5.91 Å². The van der Waals surface area contributed by atoms with E-state index in [1.165, 1.54) is 15.6 Å². The monoisotopic (exact) mass is 314 g/mol. The summed E-state index contributed by atoms with van der Waals surface area (Å²) in [6.07, 6.45) is 3.04. The van der Waals surface area contributed by atoms with Gasteiger partial charge in [0, 0.05) is 19.6 Å². The van der Waals surface area contributed by atoms with E-state index in [0.29, 0.717) is 23.7 Å². The van der Waals surface area contributed by atoms with E-state index in [1.54, 1.807) is 23.6 Å². The fourth-order valence-corrected chi connectivity index (χ4v) is 4.90. The van der Waals surface area contributed by atoms with E-state index in [-0.39, 0.29) is 18.4 Å². The molecule has 5 nitrogen and oxygen atoms in total. The molecule has 1 N–H and O–H groups in total. The summed E-state index contributed by atoms with van der Waals surface area (Å²) in [5.74, 6) is -0.380. The van der Waals surface area contributed by atoms with Gasteiger partial charge < -0.3 is 5.32 Å². The fraction of sp³-hybridized carbons (Fsp3) is 0.462. The van der Waals surface area contributed by atoms with Gasteiger partial charge in [0.15, 0.2) is 0 Å². The van der Waals surface area contributed by atoms with Crippen LogP contribution in [-0.2, 0) is 14.8 Å². The Bertz CT molecular complexity index is 566. The van der Waals surface area contributed by atoms with Crippen LogP contribution in [-0.4, -0.2) is 38.3 Å². The van der Waals surface area contributed by atoms with Gasteiger partial charge in [-0.05, 0) is 24.3 Å². The molecule has 0 aliphatic carbocycles. The molecular formula is C13H18N2O3S2. The lowest BCUT2D eigenvalue weighted by atomic mass is 9.99. The zero-order valence-corrected chi connectivity index (χ0v) is 12.8. The summed E-state index contributed by atoms with van der Waals surface area (Å²) in [5, 5.41) is 4.47. The molecule has 1 fully saturated rings. The Hall–Kier alpha value is -1.18. The van der Waals surface area contributed by atoms with Crippen molar-refractivity contribution in [3.05, 3.63) is 30.2 Å². The number of amides is 1. The van der Waals surface area contributed by atoms with E-state index in [0.717, 1.165) is 6.42 Å². The second-order valence-electron chi connectivity index (χ2n) is 4.67. The number of piperidine rings is 1. The number of hydrogen-bond donors (Lipinski definition) is 1. The van der Waals surface area contributed by atoms with Crippen molar-refractivity contribution in [3.8, 4) is 0 Å².